The second-order valence-electron chi connectivity index (χ2n) is 8.42. The van der Waals surface area contributed by atoms with Crippen LogP contribution >= 0.6 is 0 Å². The van der Waals surface area contributed by atoms with Crippen LogP contribution < -0.4 is 15.6 Å². The summed E-state index contributed by atoms with van der Waals surface area (Å²) in [4.78, 5) is 40.7. The van der Waals surface area contributed by atoms with E-state index >= 15 is 0 Å². The van der Waals surface area contributed by atoms with E-state index < -0.39 is 64.0 Å². The molecule has 180 valence electrons. The molecule has 0 spiro atoms. The Kier molecular flexibility index (Phi) is 5.60. The van der Waals surface area contributed by atoms with Crippen LogP contribution in [0, 0.1) is 18.6 Å². The van der Waals surface area contributed by atoms with E-state index in [4.69, 9.17) is 0 Å². The molecule has 2 aliphatic rings. The molecule has 0 radical (unpaired) electrons. The number of carbonyl (C=O) groups excluding carboxylic acids is 2. The summed E-state index contributed by atoms with van der Waals surface area (Å²) in [5.41, 5.74) is -1.50. The highest BCUT2D eigenvalue weighted by Gasteiger charge is 2.42. The van der Waals surface area contributed by atoms with Gasteiger partial charge in [-0.3, -0.25) is 14.4 Å². The number of aromatic hydroxyl groups is 1. The van der Waals surface area contributed by atoms with Gasteiger partial charge < -0.3 is 24.4 Å². The minimum absolute atomic E-state index is 0.0803. The minimum atomic E-state index is -1.49. The number of anilines is 1. The summed E-state index contributed by atoms with van der Waals surface area (Å²) in [7, 11) is 0. The molecule has 0 aliphatic carbocycles. The molecule has 0 fully saturated rings. The number of benzene rings is 2. The summed E-state index contributed by atoms with van der Waals surface area (Å²) in [6, 6.07) is 8.32. The smallest absolute Gasteiger partial charge is 0.279 e. The SMILES string of the molecule is Cc1cc(F)c(CNC(=O)c2cn3c(c(O)c2=O)C(=O)N2CC3C[S+]([O-])c3ccccc32)c(F)c1. The third kappa shape index (κ3) is 3.76. The normalized spacial score (nSPS) is 18.5. The summed E-state index contributed by atoms with van der Waals surface area (Å²) in [5.74, 6) is -4.18. The van der Waals surface area contributed by atoms with Crippen LogP contribution in [0.3, 0.4) is 0 Å². The molecule has 0 saturated heterocycles. The first kappa shape index (κ1) is 23.1. The van der Waals surface area contributed by atoms with Gasteiger partial charge in [-0.15, -0.1) is 0 Å². The van der Waals surface area contributed by atoms with Crippen molar-refractivity contribution in [3.05, 3.63) is 86.8 Å². The Bertz CT molecular complexity index is 1430. The fraction of sp³-hybridized carbons (Fsp3) is 0.208. The van der Waals surface area contributed by atoms with Gasteiger partial charge in [-0.1, -0.05) is 12.1 Å². The van der Waals surface area contributed by atoms with Crippen LogP contribution in [0.1, 0.15) is 38.0 Å². The van der Waals surface area contributed by atoms with Crippen molar-refractivity contribution in [2.24, 2.45) is 0 Å². The van der Waals surface area contributed by atoms with Gasteiger partial charge in [0.15, 0.2) is 16.3 Å². The Morgan fingerprint density at radius 2 is 1.91 bits per heavy atom. The number of pyridine rings is 1. The van der Waals surface area contributed by atoms with Gasteiger partial charge in [-0.2, -0.15) is 0 Å². The zero-order chi connectivity index (χ0) is 25.0. The van der Waals surface area contributed by atoms with Gasteiger partial charge in [0.05, 0.1) is 18.3 Å². The highest BCUT2D eigenvalue weighted by molar-refractivity contribution is 7.91. The van der Waals surface area contributed by atoms with Crippen molar-refractivity contribution in [3.63, 3.8) is 0 Å². The molecule has 2 amide bonds. The molecule has 2 aliphatic heterocycles. The highest BCUT2D eigenvalue weighted by Crippen LogP contribution is 2.38. The number of hydrogen-bond donors (Lipinski definition) is 2. The van der Waals surface area contributed by atoms with Gasteiger partial charge in [0.25, 0.3) is 11.8 Å². The lowest BCUT2D eigenvalue weighted by atomic mass is 10.1. The zero-order valence-electron chi connectivity index (χ0n) is 18.4. The summed E-state index contributed by atoms with van der Waals surface area (Å²) in [6.07, 6.45) is 1.13. The Labute approximate surface area is 201 Å². The van der Waals surface area contributed by atoms with Crippen molar-refractivity contribution in [3.8, 4) is 5.75 Å². The molecule has 8 nitrogen and oxygen atoms in total. The van der Waals surface area contributed by atoms with E-state index in [1.807, 2.05) is 0 Å². The number of halogens is 2. The van der Waals surface area contributed by atoms with Crippen molar-refractivity contribution < 1.29 is 28.0 Å². The first-order chi connectivity index (χ1) is 16.7. The first-order valence-electron chi connectivity index (χ1n) is 10.7. The lowest BCUT2D eigenvalue weighted by molar-refractivity contribution is 0.0930. The molecular weight excluding hydrogens is 480 g/mol. The lowest BCUT2D eigenvalue weighted by Crippen LogP contribution is -2.45. The molecule has 35 heavy (non-hydrogen) atoms. The fourth-order valence-electron chi connectivity index (χ4n) is 4.43. The monoisotopic (exact) mass is 499 g/mol. The predicted molar refractivity (Wildman–Crippen MR) is 123 cm³/mol. The van der Waals surface area contributed by atoms with Gasteiger partial charge in [-0.25, -0.2) is 8.78 Å². The average molecular weight is 499 g/mol. The molecular formula is C24H19F2N3O5S. The van der Waals surface area contributed by atoms with E-state index in [1.165, 1.54) is 16.4 Å². The molecule has 0 saturated carbocycles. The van der Waals surface area contributed by atoms with Crippen LogP contribution in [0.25, 0.3) is 0 Å². The molecule has 2 atom stereocenters. The number of carbonyl (C=O) groups is 2. The number of amides is 2. The Hall–Kier alpha value is -3.70. The standard InChI is InChI=1S/C24H19F2N3O5S/c1-12-6-16(25)14(17(26)7-12)8-27-23(32)15-10-28-13-9-29(24(33)20(28)22(31)21(15)30)18-4-2-3-5-19(18)35(34)11-13/h2-7,10,13,31H,8-9,11H2,1H3,(H,27,32). The third-order valence-electron chi connectivity index (χ3n) is 6.15. The second kappa shape index (κ2) is 8.51. The highest BCUT2D eigenvalue weighted by atomic mass is 32.2. The van der Waals surface area contributed by atoms with Gasteiger partial charge in [-0.05, 0) is 47.9 Å². The number of nitrogens with one attached hydrogen (secondary N) is 1. The van der Waals surface area contributed by atoms with Gasteiger partial charge in [0.2, 0.25) is 5.43 Å². The molecule has 3 aromatic rings. The molecule has 2 bridgehead atoms. The molecule has 11 heteroatoms. The van der Waals surface area contributed by atoms with Crippen LogP contribution in [0.15, 0.2) is 52.3 Å². The largest absolute Gasteiger partial charge is 0.611 e. The average Bonchev–Trinajstić information content (AvgIpc) is 2.94. The predicted octanol–water partition coefficient (Wildman–Crippen LogP) is 2.39. The van der Waals surface area contributed by atoms with Crippen molar-refractivity contribution in [2.75, 3.05) is 17.2 Å². The number of fused-ring (bicyclic) bond motifs is 6. The molecule has 3 heterocycles. The Morgan fingerprint density at radius 1 is 1.23 bits per heavy atom. The number of nitrogens with zero attached hydrogens (tertiary/aromatic N) is 2. The number of para-hydroxylation sites is 1. The van der Waals surface area contributed by atoms with E-state index in [-0.39, 0.29) is 23.6 Å². The van der Waals surface area contributed by atoms with E-state index in [9.17, 15) is 32.8 Å². The van der Waals surface area contributed by atoms with Crippen LogP contribution in [0.4, 0.5) is 14.5 Å². The van der Waals surface area contributed by atoms with E-state index in [0.717, 1.165) is 18.3 Å². The van der Waals surface area contributed by atoms with Crippen molar-refractivity contribution in [1.82, 2.24) is 9.88 Å². The molecule has 2 aromatic carbocycles. The Morgan fingerprint density at radius 3 is 2.63 bits per heavy atom. The maximum absolute atomic E-state index is 14.1. The van der Waals surface area contributed by atoms with Crippen LogP contribution in [-0.4, -0.2) is 38.3 Å². The zero-order valence-corrected chi connectivity index (χ0v) is 19.2. The summed E-state index contributed by atoms with van der Waals surface area (Å²) >= 11 is -1.49. The van der Waals surface area contributed by atoms with Crippen molar-refractivity contribution in [2.45, 2.75) is 24.4 Å². The number of aromatic nitrogens is 1. The van der Waals surface area contributed by atoms with Crippen LogP contribution in [0.2, 0.25) is 0 Å². The first-order valence-corrected chi connectivity index (χ1v) is 12.0. The molecule has 2 unspecified atom stereocenters. The van der Waals surface area contributed by atoms with Crippen molar-refractivity contribution in [1.29, 1.82) is 0 Å². The summed E-state index contributed by atoms with van der Waals surface area (Å²) in [5, 5.41) is 12.9. The summed E-state index contributed by atoms with van der Waals surface area (Å²) < 4.78 is 42.5. The molecule has 2 N–H and O–H groups in total. The molecule has 5 rings (SSSR count). The van der Waals surface area contributed by atoms with E-state index in [1.54, 1.807) is 24.3 Å². The topological polar surface area (TPSA) is 115 Å². The maximum Gasteiger partial charge on any atom is 0.279 e. The van der Waals surface area contributed by atoms with Crippen molar-refractivity contribution >= 4 is 28.7 Å². The van der Waals surface area contributed by atoms with Crippen LogP contribution in [-0.2, 0) is 17.7 Å². The van der Waals surface area contributed by atoms with Gasteiger partial charge in [0, 0.05) is 18.3 Å². The second-order valence-corrected chi connectivity index (χ2v) is 9.88. The quantitative estimate of drug-likeness (QED) is 0.537. The summed E-state index contributed by atoms with van der Waals surface area (Å²) in [6.45, 7) is 1.11. The lowest BCUT2D eigenvalue weighted by Gasteiger charge is -2.33. The van der Waals surface area contributed by atoms with Gasteiger partial charge >= 0.3 is 0 Å². The maximum atomic E-state index is 14.1. The third-order valence-corrected chi connectivity index (χ3v) is 7.67. The fourth-order valence-corrected chi connectivity index (χ4v) is 5.87. The molecule has 1 aromatic heterocycles. The van der Waals surface area contributed by atoms with E-state index in [2.05, 4.69) is 5.32 Å². The Balaban J connectivity index is 1.52. The van der Waals surface area contributed by atoms with Crippen LogP contribution in [0.5, 0.6) is 5.75 Å². The number of aryl methyl sites for hydroxylation is 1. The number of rotatable bonds is 3. The van der Waals surface area contributed by atoms with E-state index in [0.29, 0.717) is 16.1 Å². The van der Waals surface area contributed by atoms with Gasteiger partial charge in [0.1, 0.15) is 23.0 Å². The number of hydrogen-bond acceptors (Lipinski definition) is 5. The minimum Gasteiger partial charge on any atom is -0.611 e.